The lowest BCUT2D eigenvalue weighted by molar-refractivity contribution is 0.116. The van der Waals surface area contributed by atoms with E-state index >= 15 is 0 Å². The molecular formula is C13H24N2O3S2. The maximum atomic E-state index is 12.5. The summed E-state index contributed by atoms with van der Waals surface area (Å²) < 4.78 is 33.1. The largest absolute Gasteiger partial charge is 0.380 e. The highest BCUT2D eigenvalue weighted by Gasteiger charge is 2.25. The fraction of sp³-hybridized carbons (Fsp3) is 0.692. The quantitative estimate of drug-likeness (QED) is 0.728. The molecule has 0 spiro atoms. The first kappa shape index (κ1) is 17.6. The first-order valence-electron chi connectivity index (χ1n) is 6.73. The van der Waals surface area contributed by atoms with Gasteiger partial charge in [-0.05, 0) is 31.3 Å². The molecule has 0 aliphatic rings. The Morgan fingerprint density at radius 3 is 2.65 bits per heavy atom. The molecule has 1 aromatic rings. The van der Waals surface area contributed by atoms with Crippen molar-refractivity contribution < 1.29 is 13.2 Å². The summed E-state index contributed by atoms with van der Waals surface area (Å²) in [6.45, 7) is 7.37. The van der Waals surface area contributed by atoms with E-state index in [9.17, 15) is 8.42 Å². The zero-order valence-corrected chi connectivity index (χ0v) is 14.1. The van der Waals surface area contributed by atoms with Crippen LogP contribution in [-0.4, -0.2) is 34.7 Å². The number of thiophene rings is 1. The lowest BCUT2D eigenvalue weighted by Gasteiger charge is -2.22. The summed E-state index contributed by atoms with van der Waals surface area (Å²) in [5, 5.41) is 4.79. The second kappa shape index (κ2) is 8.09. The van der Waals surface area contributed by atoms with E-state index in [1.807, 2.05) is 20.8 Å². The van der Waals surface area contributed by atoms with Crippen LogP contribution >= 0.6 is 11.3 Å². The van der Waals surface area contributed by atoms with E-state index in [-0.39, 0.29) is 12.0 Å². The van der Waals surface area contributed by atoms with E-state index in [4.69, 9.17) is 4.74 Å². The van der Waals surface area contributed by atoms with Crippen molar-refractivity contribution in [3.8, 4) is 0 Å². The molecule has 1 rings (SSSR count). The summed E-state index contributed by atoms with van der Waals surface area (Å²) in [6, 6.07) is 1.43. The monoisotopic (exact) mass is 320 g/mol. The van der Waals surface area contributed by atoms with E-state index in [0.29, 0.717) is 24.7 Å². The molecule has 1 unspecified atom stereocenters. The van der Waals surface area contributed by atoms with Gasteiger partial charge in [0.05, 0.1) is 11.5 Å². The number of hydrogen-bond acceptors (Lipinski definition) is 5. The number of nitrogens with one attached hydrogen (secondary N) is 2. The van der Waals surface area contributed by atoms with Crippen LogP contribution in [0.2, 0.25) is 0 Å². The van der Waals surface area contributed by atoms with Crippen molar-refractivity contribution in [1.82, 2.24) is 10.0 Å². The van der Waals surface area contributed by atoms with Gasteiger partial charge in [0.2, 0.25) is 10.0 Å². The zero-order valence-electron chi connectivity index (χ0n) is 12.5. The highest BCUT2D eigenvalue weighted by atomic mass is 32.2. The van der Waals surface area contributed by atoms with Gasteiger partial charge in [-0.25, -0.2) is 13.1 Å². The molecule has 1 atom stereocenters. The summed E-state index contributed by atoms with van der Waals surface area (Å²) in [6.07, 6.45) is 0. The van der Waals surface area contributed by atoms with Crippen LogP contribution in [0.5, 0.6) is 0 Å². The predicted molar refractivity (Wildman–Crippen MR) is 82.5 cm³/mol. The van der Waals surface area contributed by atoms with Gasteiger partial charge in [0, 0.05) is 24.1 Å². The Balaban J connectivity index is 2.88. The Morgan fingerprint density at radius 1 is 1.40 bits per heavy atom. The molecule has 0 amide bonds. The van der Waals surface area contributed by atoms with Crippen molar-refractivity contribution in [3.05, 3.63) is 16.3 Å². The van der Waals surface area contributed by atoms with Crippen LogP contribution in [0.3, 0.4) is 0 Å². The zero-order chi connectivity index (χ0) is 15.2. The van der Waals surface area contributed by atoms with E-state index in [1.165, 1.54) is 11.3 Å². The van der Waals surface area contributed by atoms with Crippen LogP contribution in [0.1, 0.15) is 25.6 Å². The molecular weight excluding hydrogens is 296 g/mol. The van der Waals surface area contributed by atoms with Crippen molar-refractivity contribution >= 4 is 21.4 Å². The molecule has 0 aromatic carbocycles. The molecule has 0 saturated carbocycles. The summed E-state index contributed by atoms with van der Waals surface area (Å²) in [4.78, 5) is 1.18. The maximum absolute atomic E-state index is 12.5. The third kappa shape index (κ3) is 4.82. The SMILES string of the molecule is CCOCC(NS(=O)(=O)c1ccsc1CNC)C(C)C. The fourth-order valence-electron chi connectivity index (χ4n) is 1.73. The van der Waals surface area contributed by atoms with Gasteiger partial charge in [-0.1, -0.05) is 13.8 Å². The summed E-state index contributed by atoms with van der Waals surface area (Å²) in [5.74, 6) is 0.169. The molecule has 0 saturated heterocycles. The normalized spacial score (nSPS) is 13.8. The van der Waals surface area contributed by atoms with Gasteiger partial charge in [-0.3, -0.25) is 0 Å². The van der Waals surface area contributed by atoms with Crippen molar-refractivity contribution in [2.45, 2.75) is 38.3 Å². The number of ether oxygens (including phenoxy) is 1. The third-order valence-electron chi connectivity index (χ3n) is 2.94. The first-order valence-corrected chi connectivity index (χ1v) is 9.09. The average molecular weight is 320 g/mol. The highest BCUT2D eigenvalue weighted by Crippen LogP contribution is 2.22. The molecule has 0 aliphatic heterocycles. The van der Waals surface area contributed by atoms with E-state index in [0.717, 1.165) is 4.88 Å². The average Bonchev–Trinajstić information content (AvgIpc) is 2.83. The molecule has 2 N–H and O–H groups in total. The van der Waals surface area contributed by atoms with E-state index < -0.39 is 10.0 Å². The standard InChI is InChI=1S/C13H24N2O3S2/c1-5-18-9-11(10(2)3)15-20(16,17)13-6-7-19-12(13)8-14-4/h6-7,10-11,14-15H,5,8-9H2,1-4H3. The van der Waals surface area contributed by atoms with Gasteiger partial charge < -0.3 is 10.1 Å². The van der Waals surface area contributed by atoms with Gasteiger partial charge in [0.1, 0.15) is 0 Å². The summed E-state index contributed by atoms with van der Waals surface area (Å²) in [5.41, 5.74) is 0. The molecule has 0 radical (unpaired) electrons. The second-order valence-electron chi connectivity index (χ2n) is 4.87. The minimum Gasteiger partial charge on any atom is -0.380 e. The topological polar surface area (TPSA) is 67.4 Å². The van der Waals surface area contributed by atoms with Crippen LogP contribution in [-0.2, 0) is 21.3 Å². The molecule has 1 heterocycles. The van der Waals surface area contributed by atoms with Crippen molar-refractivity contribution in [1.29, 1.82) is 0 Å². The number of rotatable bonds is 9. The summed E-state index contributed by atoms with van der Waals surface area (Å²) in [7, 11) is -1.70. The van der Waals surface area contributed by atoms with E-state index in [2.05, 4.69) is 10.0 Å². The molecule has 20 heavy (non-hydrogen) atoms. The third-order valence-corrected chi connectivity index (χ3v) is 5.57. The Kier molecular flexibility index (Phi) is 7.11. The molecule has 0 fully saturated rings. The molecule has 0 aliphatic carbocycles. The van der Waals surface area contributed by atoms with Crippen LogP contribution in [0, 0.1) is 5.92 Å². The lowest BCUT2D eigenvalue weighted by Crippen LogP contribution is -2.42. The van der Waals surface area contributed by atoms with Crippen molar-refractivity contribution in [3.63, 3.8) is 0 Å². The van der Waals surface area contributed by atoms with Gasteiger partial charge in [-0.15, -0.1) is 11.3 Å². The van der Waals surface area contributed by atoms with Gasteiger partial charge >= 0.3 is 0 Å². The maximum Gasteiger partial charge on any atom is 0.242 e. The Labute approximate surface area is 125 Å². The van der Waals surface area contributed by atoms with Crippen LogP contribution in [0.4, 0.5) is 0 Å². The number of hydrogen-bond donors (Lipinski definition) is 2. The molecule has 0 bridgehead atoms. The van der Waals surface area contributed by atoms with Crippen LogP contribution in [0.15, 0.2) is 16.3 Å². The predicted octanol–water partition coefficient (Wildman–Crippen LogP) is 1.81. The van der Waals surface area contributed by atoms with Crippen molar-refractivity contribution in [2.75, 3.05) is 20.3 Å². The second-order valence-corrected chi connectivity index (χ2v) is 7.55. The van der Waals surface area contributed by atoms with Crippen LogP contribution in [0.25, 0.3) is 0 Å². The highest BCUT2D eigenvalue weighted by molar-refractivity contribution is 7.89. The molecule has 5 nitrogen and oxygen atoms in total. The number of sulfonamides is 1. The summed E-state index contributed by atoms with van der Waals surface area (Å²) >= 11 is 1.44. The lowest BCUT2D eigenvalue weighted by atomic mass is 10.1. The minimum atomic E-state index is -3.50. The van der Waals surface area contributed by atoms with Gasteiger partial charge in [-0.2, -0.15) is 0 Å². The molecule has 116 valence electrons. The fourth-order valence-corrected chi connectivity index (χ4v) is 4.55. The minimum absolute atomic E-state index is 0.169. The Bertz CT molecular complexity index is 497. The first-order chi connectivity index (χ1) is 9.42. The van der Waals surface area contributed by atoms with Gasteiger partial charge in [0.15, 0.2) is 0 Å². The van der Waals surface area contributed by atoms with Gasteiger partial charge in [0.25, 0.3) is 0 Å². The Hall–Kier alpha value is -0.470. The van der Waals surface area contributed by atoms with Crippen LogP contribution < -0.4 is 10.0 Å². The van der Waals surface area contributed by atoms with E-state index in [1.54, 1.807) is 18.5 Å². The smallest absolute Gasteiger partial charge is 0.242 e. The van der Waals surface area contributed by atoms with Crippen molar-refractivity contribution in [2.24, 2.45) is 5.92 Å². The molecule has 1 aromatic heterocycles. The Morgan fingerprint density at radius 2 is 2.10 bits per heavy atom. The molecule has 7 heteroatoms.